The molecule has 1 aliphatic carbocycles. The van der Waals surface area contributed by atoms with Crippen molar-refractivity contribution in [2.24, 2.45) is 5.92 Å². The third-order valence-electron chi connectivity index (χ3n) is 14.5. The van der Waals surface area contributed by atoms with Gasteiger partial charge in [0.15, 0.2) is 0 Å². The van der Waals surface area contributed by atoms with Crippen LogP contribution in [0, 0.1) is 17.2 Å². The third kappa shape index (κ3) is 5.16. The van der Waals surface area contributed by atoms with Crippen molar-refractivity contribution in [3.63, 3.8) is 0 Å². The lowest BCUT2D eigenvalue weighted by Gasteiger charge is -2.44. The lowest BCUT2D eigenvalue weighted by molar-refractivity contribution is 0.186. The van der Waals surface area contributed by atoms with Crippen LogP contribution in [0.4, 0.5) is 0 Å². The van der Waals surface area contributed by atoms with E-state index in [-0.39, 0.29) is 12.0 Å². The smallest absolute Gasteiger partial charge is 0.0944 e. The van der Waals surface area contributed by atoms with Crippen molar-refractivity contribution in [1.29, 1.82) is 5.26 Å². The molecule has 4 aromatic heterocycles. The summed E-state index contributed by atoms with van der Waals surface area (Å²) in [6.07, 6.45) is 5.55. The van der Waals surface area contributed by atoms with Crippen molar-refractivity contribution < 1.29 is 0 Å². The minimum absolute atomic E-state index is 0.216. The molecule has 3 unspecified atom stereocenters. The number of hydrogen-bond acceptors (Lipinski definition) is 1. The first-order chi connectivity index (χ1) is 30.7. The zero-order chi connectivity index (χ0) is 42.8. The Bertz CT molecular complexity index is 3670. The fraction of sp³-hybridized carbons (Fsp3) is 0.155. The molecule has 5 heteroatoms. The summed E-state index contributed by atoms with van der Waals surface area (Å²) in [7, 11) is 0. The molecular formula is C58H47N5. The van der Waals surface area contributed by atoms with Crippen molar-refractivity contribution in [1.82, 2.24) is 18.3 Å². The average Bonchev–Trinajstić information content (AvgIpc) is 4.04. The molecule has 0 amide bonds. The van der Waals surface area contributed by atoms with Gasteiger partial charge in [0, 0.05) is 94.6 Å². The summed E-state index contributed by atoms with van der Waals surface area (Å²) in [5, 5.41) is 19.3. The van der Waals surface area contributed by atoms with Gasteiger partial charge in [0.2, 0.25) is 0 Å². The highest BCUT2D eigenvalue weighted by molar-refractivity contribution is 6.12. The van der Waals surface area contributed by atoms with Crippen LogP contribution in [0.1, 0.15) is 45.0 Å². The van der Waals surface area contributed by atoms with Crippen LogP contribution < -0.4 is 0 Å². The normalized spacial score (nSPS) is 16.4. The molecule has 3 atom stereocenters. The summed E-state index contributed by atoms with van der Waals surface area (Å²) in [6, 6.07) is 62.0. The van der Waals surface area contributed by atoms with Crippen LogP contribution in [0.2, 0.25) is 0 Å². The summed E-state index contributed by atoms with van der Waals surface area (Å²) < 4.78 is 10.2. The molecule has 12 rings (SSSR count). The largest absolute Gasteiger partial charge is 0.338 e. The van der Waals surface area contributed by atoms with Gasteiger partial charge in [0.25, 0.3) is 0 Å². The van der Waals surface area contributed by atoms with E-state index < -0.39 is 11.1 Å². The number of nitriles is 1. The maximum Gasteiger partial charge on any atom is 0.0944 e. The van der Waals surface area contributed by atoms with Crippen LogP contribution in [-0.2, 0) is 17.5 Å². The van der Waals surface area contributed by atoms with Gasteiger partial charge in [0.1, 0.15) is 0 Å². The van der Waals surface area contributed by atoms with Gasteiger partial charge in [-0.05, 0) is 69.3 Å². The number of benzene rings is 7. The van der Waals surface area contributed by atoms with Crippen LogP contribution in [-0.4, -0.2) is 18.3 Å². The molecule has 7 aromatic carbocycles. The Balaban J connectivity index is 1.12. The molecule has 0 N–H and O–H groups in total. The van der Waals surface area contributed by atoms with E-state index in [1.54, 1.807) is 0 Å². The fourth-order valence-electron chi connectivity index (χ4n) is 11.8. The van der Waals surface area contributed by atoms with Gasteiger partial charge >= 0.3 is 0 Å². The minimum Gasteiger partial charge on any atom is -0.338 e. The molecule has 11 aromatic rings. The maximum atomic E-state index is 10.7. The highest BCUT2D eigenvalue weighted by Gasteiger charge is 2.43. The van der Waals surface area contributed by atoms with Crippen LogP contribution in [0.15, 0.2) is 182 Å². The number of nitrogens with zero attached hydrogens (tertiary/aromatic N) is 5. The molecule has 0 saturated carbocycles. The van der Waals surface area contributed by atoms with Crippen LogP contribution in [0.25, 0.3) is 88.1 Å². The second kappa shape index (κ2) is 13.5. The van der Waals surface area contributed by atoms with Crippen molar-refractivity contribution in [3.8, 4) is 11.8 Å². The zero-order valence-corrected chi connectivity index (χ0v) is 36.0. The zero-order valence-electron chi connectivity index (χ0n) is 36.0. The first-order valence-corrected chi connectivity index (χ1v) is 22.1. The van der Waals surface area contributed by atoms with Crippen molar-refractivity contribution in [2.45, 2.75) is 51.2 Å². The van der Waals surface area contributed by atoms with Crippen molar-refractivity contribution in [2.75, 3.05) is 0 Å². The Labute approximate surface area is 366 Å². The second-order valence-corrected chi connectivity index (χ2v) is 18.4. The van der Waals surface area contributed by atoms with Crippen molar-refractivity contribution in [3.05, 3.63) is 193 Å². The lowest BCUT2D eigenvalue weighted by atomic mass is 9.80. The molecule has 0 radical (unpaired) electrons. The van der Waals surface area contributed by atoms with E-state index in [1.165, 1.54) is 76.5 Å². The summed E-state index contributed by atoms with van der Waals surface area (Å²) in [4.78, 5) is 0. The topological polar surface area (TPSA) is 43.5 Å². The molecule has 1 aliphatic rings. The predicted molar refractivity (Wildman–Crippen MR) is 264 cm³/mol. The summed E-state index contributed by atoms with van der Waals surface area (Å²) in [5.74, 6) is -0.216. The van der Waals surface area contributed by atoms with E-state index in [0.29, 0.717) is 5.57 Å². The molecule has 63 heavy (non-hydrogen) atoms. The number of fused-ring (bicyclic) bond motifs is 12. The van der Waals surface area contributed by atoms with Gasteiger partial charge in [-0.3, -0.25) is 0 Å². The molecular weight excluding hydrogens is 767 g/mol. The number of para-hydroxylation sites is 6. The number of allylic oxidation sites excluding steroid dienone is 2. The Morgan fingerprint density at radius 3 is 1.63 bits per heavy atom. The second-order valence-electron chi connectivity index (χ2n) is 18.4. The van der Waals surface area contributed by atoms with Crippen LogP contribution in [0.3, 0.4) is 0 Å². The number of aromatic nitrogens is 4. The molecule has 4 heterocycles. The SMILES string of the molecule is C=C(C#N)C(C)C(n1c2c(c3ccccc31)C=CC(C)(n1c3ccccc3c3ccccc31)C2)C(C)(C)n1c2ccccc2c2ccc(-n3c4ccccc4c4ccccc43)cc21. The predicted octanol–water partition coefficient (Wildman–Crippen LogP) is 14.6. The van der Waals surface area contributed by atoms with Gasteiger partial charge in [-0.2, -0.15) is 5.26 Å². The fourth-order valence-corrected chi connectivity index (χ4v) is 11.8. The van der Waals surface area contributed by atoms with Crippen LogP contribution in [0.5, 0.6) is 0 Å². The Hall–Kier alpha value is -7.55. The van der Waals surface area contributed by atoms with Gasteiger partial charge in [0.05, 0.1) is 39.7 Å². The van der Waals surface area contributed by atoms with E-state index in [1.807, 2.05) is 0 Å². The van der Waals surface area contributed by atoms with Crippen molar-refractivity contribution >= 4 is 82.4 Å². The monoisotopic (exact) mass is 813 g/mol. The molecule has 0 spiro atoms. The van der Waals surface area contributed by atoms with E-state index in [0.717, 1.165) is 23.1 Å². The number of hydrogen-bond donors (Lipinski definition) is 0. The molecule has 304 valence electrons. The van der Waals surface area contributed by atoms with Gasteiger partial charge in [-0.15, -0.1) is 0 Å². The maximum absolute atomic E-state index is 10.7. The summed E-state index contributed by atoms with van der Waals surface area (Å²) >= 11 is 0. The molecule has 0 aliphatic heterocycles. The first-order valence-electron chi connectivity index (χ1n) is 22.1. The van der Waals surface area contributed by atoms with Gasteiger partial charge in [-0.25, -0.2) is 0 Å². The third-order valence-corrected chi connectivity index (χ3v) is 14.5. The van der Waals surface area contributed by atoms with E-state index >= 15 is 0 Å². The Morgan fingerprint density at radius 1 is 0.603 bits per heavy atom. The Morgan fingerprint density at radius 2 is 1.06 bits per heavy atom. The quantitative estimate of drug-likeness (QED) is 0.148. The first kappa shape index (κ1) is 37.2. The number of rotatable bonds is 7. The minimum atomic E-state index is -0.597. The van der Waals surface area contributed by atoms with Gasteiger partial charge in [-0.1, -0.05) is 141 Å². The summed E-state index contributed by atoms with van der Waals surface area (Å²) in [5.41, 5.74) is 11.5. The molecule has 5 nitrogen and oxygen atoms in total. The van der Waals surface area contributed by atoms with E-state index in [2.05, 4.69) is 235 Å². The Kier molecular flexibility index (Phi) is 7.96. The molecule has 0 bridgehead atoms. The highest BCUT2D eigenvalue weighted by atomic mass is 15.2. The molecule has 0 saturated heterocycles. The highest BCUT2D eigenvalue weighted by Crippen LogP contribution is 2.50. The van der Waals surface area contributed by atoms with Crippen LogP contribution >= 0.6 is 0 Å². The lowest BCUT2D eigenvalue weighted by Crippen LogP contribution is -2.42. The van der Waals surface area contributed by atoms with E-state index in [4.69, 9.17) is 0 Å². The standard InChI is InChI=1S/C58H47N5/c1-37(36-59)38(2)56(61-50-26-14-8-20-42(50)47-32-33-58(5,35-55(47)61)63-52-28-16-10-21-43(52)44-22-11-17-29-53(44)63)57(3,4)62-51-27-15-9-23-45(51)46-31-30-39(34-54(46)62)60-48-24-12-6-18-40(48)41-19-7-13-25-49(41)60/h6-34,38,56H,1,35H2,2-5H3. The van der Waals surface area contributed by atoms with E-state index in [9.17, 15) is 5.26 Å². The molecule has 0 fully saturated rings. The average molecular weight is 814 g/mol. The van der Waals surface area contributed by atoms with Gasteiger partial charge < -0.3 is 18.3 Å². The summed E-state index contributed by atoms with van der Waals surface area (Å²) in [6.45, 7) is 13.8.